The highest BCUT2D eigenvalue weighted by Crippen LogP contribution is 2.44. The van der Waals surface area contributed by atoms with Gasteiger partial charge in [0.15, 0.2) is 5.82 Å². The number of ether oxygens (including phenoxy) is 1. The molecule has 1 spiro atoms. The fraction of sp³-hybridized carbons (Fsp3) is 0.244. The van der Waals surface area contributed by atoms with Crippen molar-refractivity contribution >= 4 is 57.0 Å². The van der Waals surface area contributed by atoms with E-state index in [1.54, 1.807) is 53.7 Å². The first-order valence-electron chi connectivity index (χ1n) is 17.7. The molecule has 9 rings (SSSR count). The van der Waals surface area contributed by atoms with Crippen LogP contribution in [0.25, 0.3) is 27.2 Å². The number of imidazole rings is 1. The zero-order valence-electron chi connectivity index (χ0n) is 29.6. The largest absolute Gasteiger partial charge is 0.412 e. The van der Waals surface area contributed by atoms with Crippen LogP contribution in [-0.4, -0.2) is 70.1 Å². The van der Waals surface area contributed by atoms with Gasteiger partial charge in [-0.15, -0.1) is 11.3 Å². The quantitative estimate of drug-likeness (QED) is 0.181. The summed E-state index contributed by atoms with van der Waals surface area (Å²) >= 11 is 1.53. The van der Waals surface area contributed by atoms with Crippen molar-refractivity contribution in [1.82, 2.24) is 19.9 Å². The van der Waals surface area contributed by atoms with Crippen LogP contribution in [0.3, 0.4) is 0 Å². The van der Waals surface area contributed by atoms with Crippen molar-refractivity contribution in [2.45, 2.75) is 26.2 Å². The van der Waals surface area contributed by atoms with Crippen molar-refractivity contribution in [2.75, 3.05) is 48.0 Å². The van der Waals surface area contributed by atoms with E-state index < -0.39 is 0 Å². The molecule has 2 amide bonds. The highest BCUT2D eigenvalue weighted by Gasteiger charge is 2.45. The zero-order valence-corrected chi connectivity index (χ0v) is 30.4. The molecule has 0 bridgehead atoms. The van der Waals surface area contributed by atoms with E-state index in [4.69, 9.17) is 9.72 Å². The molecule has 54 heavy (non-hydrogen) atoms. The number of hydrogen-bond acceptors (Lipinski definition) is 8. The van der Waals surface area contributed by atoms with E-state index in [0.29, 0.717) is 63.9 Å². The number of halogens is 1. The molecule has 3 aliphatic heterocycles. The van der Waals surface area contributed by atoms with Gasteiger partial charge >= 0.3 is 0 Å². The molecule has 2 aromatic carbocycles. The summed E-state index contributed by atoms with van der Waals surface area (Å²) in [5, 5.41) is 3.02. The van der Waals surface area contributed by atoms with Crippen molar-refractivity contribution < 1.29 is 27.0 Å². The van der Waals surface area contributed by atoms with E-state index in [2.05, 4.69) is 37.8 Å². The first-order chi connectivity index (χ1) is 25.7. The van der Waals surface area contributed by atoms with Gasteiger partial charge in [-0.05, 0) is 98.0 Å². The number of aromatic amines is 1. The number of benzene rings is 2. The van der Waals surface area contributed by atoms with E-state index in [-0.39, 0.29) is 36.9 Å². The molecule has 13 heteroatoms. The summed E-state index contributed by atoms with van der Waals surface area (Å²) in [6.45, 7) is 9.95. The van der Waals surface area contributed by atoms with Crippen molar-refractivity contribution in [3.63, 3.8) is 0 Å². The lowest BCUT2D eigenvalue weighted by Crippen LogP contribution is -2.59. The standard InChI is InChI=1S/C41H36FN7O3S.H2O.2H2/c1-24-19-29(38(44-21-24)48-22-41(23-48)13-17-52-18-14-41)39(50)45-28-10-8-26(9-11-28)40(51)49-16-12-27-20-33(53-36(27)35-32(49)7-4-15-43-35)25(2)37-46-31-6-3-5-30(42)34(31)47-37;;;/h3-11,15,19-21H,2,12-14,16-18,22-23H2,1H3,(H,45,50)(H,46,47);1H2;2*1H. The molecular formula is C41H42FN7O4S. The minimum absolute atomic E-state index is 0. The Balaban J connectivity index is 0.00000177. The Bertz CT molecular complexity index is 2440. The molecule has 11 nitrogen and oxygen atoms in total. The Hall–Kier alpha value is -5.76. The lowest BCUT2D eigenvalue weighted by Gasteiger charge is -2.53. The van der Waals surface area contributed by atoms with Gasteiger partial charge < -0.3 is 30.3 Å². The van der Waals surface area contributed by atoms with Crippen molar-refractivity contribution in [3.05, 3.63) is 124 Å². The first-order valence-corrected chi connectivity index (χ1v) is 18.5. The third-order valence-electron chi connectivity index (χ3n) is 10.5. The smallest absolute Gasteiger partial charge is 0.259 e. The van der Waals surface area contributed by atoms with Crippen molar-refractivity contribution in [2.24, 2.45) is 5.41 Å². The number of fused-ring (bicyclic) bond motifs is 4. The van der Waals surface area contributed by atoms with E-state index in [1.165, 1.54) is 17.4 Å². The van der Waals surface area contributed by atoms with Gasteiger partial charge in [0.2, 0.25) is 0 Å². The number of aryl methyl sites for hydroxylation is 1. The number of amides is 2. The number of pyridine rings is 2. The average molecular weight is 748 g/mol. The summed E-state index contributed by atoms with van der Waals surface area (Å²) in [5.74, 6) is 0.416. The van der Waals surface area contributed by atoms with Crippen molar-refractivity contribution in [1.29, 1.82) is 0 Å². The zero-order chi connectivity index (χ0) is 36.3. The van der Waals surface area contributed by atoms with Crippen LogP contribution < -0.4 is 15.1 Å². The predicted molar refractivity (Wildman–Crippen MR) is 213 cm³/mol. The Kier molecular flexibility index (Phi) is 9.08. The van der Waals surface area contributed by atoms with Crippen LogP contribution >= 0.6 is 11.3 Å². The minimum atomic E-state index is -0.387. The summed E-state index contributed by atoms with van der Waals surface area (Å²) in [6.07, 6.45) is 6.19. The van der Waals surface area contributed by atoms with Gasteiger partial charge in [-0.1, -0.05) is 12.6 Å². The molecule has 3 aliphatic rings. The summed E-state index contributed by atoms with van der Waals surface area (Å²) in [5.41, 5.74) is 6.80. The summed E-state index contributed by atoms with van der Waals surface area (Å²) in [4.78, 5) is 50.6. The van der Waals surface area contributed by atoms with Gasteiger partial charge in [0.05, 0.1) is 21.6 Å². The van der Waals surface area contributed by atoms with Crippen LogP contribution in [-0.2, 0) is 11.2 Å². The molecule has 278 valence electrons. The molecule has 0 aliphatic carbocycles. The molecule has 0 radical (unpaired) electrons. The number of carbonyl (C=O) groups excluding carboxylic acids is 2. The van der Waals surface area contributed by atoms with Crippen LogP contribution in [0, 0.1) is 18.2 Å². The molecule has 2 fully saturated rings. The number of para-hydroxylation sites is 1. The highest BCUT2D eigenvalue weighted by molar-refractivity contribution is 7.16. The number of H-pyrrole nitrogens is 1. The maximum absolute atomic E-state index is 14.4. The summed E-state index contributed by atoms with van der Waals surface area (Å²) < 4.78 is 19.9. The van der Waals surface area contributed by atoms with Gasteiger partial charge in [0, 0.05) is 75.2 Å². The maximum Gasteiger partial charge on any atom is 0.259 e. The van der Waals surface area contributed by atoms with Crippen LogP contribution in [0.1, 0.15) is 58.2 Å². The molecule has 4 aromatic heterocycles. The van der Waals surface area contributed by atoms with Gasteiger partial charge in [-0.2, -0.15) is 0 Å². The second-order valence-corrected chi connectivity index (χ2v) is 15.2. The van der Waals surface area contributed by atoms with Gasteiger partial charge in [0.1, 0.15) is 22.9 Å². The van der Waals surface area contributed by atoms with Gasteiger partial charge in [-0.3, -0.25) is 14.6 Å². The SMILES string of the molecule is C=C(c1nc2c(F)cccc2[nH]1)c1cc2c(s1)-c1ncccc1N(C(=O)c1ccc(NC(=O)c3cc(C)cnc3N3CC4(CCOCC4)C3)cc1)CC2.O.[HH].[HH]. The molecule has 4 N–H and O–H groups in total. The Morgan fingerprint density at radius 1 is 1.06 bits per heavy atom. The van der Waals surface area contributed by atoms with Crippen LogP contribution in [0.2, 0.25) is 0 Å². The normalized spacial score (nSPS) is 15.8. The van der Waals surface area contributed by atoms with Crippen LogP contribution in [0.5, 0.6) is 0 Å². The van der Waals surface area contributed by atoms with E-state index in [9.17, 15) is 14.0 Å². The average Bonchev–Trinajstić information content (AvgIpc) is 3.77. The number of rotatable bonds is 6. The van der Waals surface area contributed by atoms with E-state index in [1.807, 2.05) is 25.1 Å². The van der Waals surface area contributed by atoms with E-state index >= 15 is 0 Å². The van der Waals surface area contributed by atoms with Gasteiger partial charge in [-0.25, -0.2) is 14.4 Å². The van der Waals surface area contributed by atoms with Crippen LogP contribution in [0.15, 0.2) is 85.7 Å². The molecular weight excluding hydrogens is 706 g/mol. The molecule has 0 atom stereocenters. The second kappa shape index (κ2) is 13.9. The minimum Gasteiger partial charge on any atom is -0.412 e. The second-order valence-electron chi connectivity index (χ2n) is 14.1. The molecule has 2 saturated heterocycles. The number of aromatic nitrogens is 4. The number of thiophene rings is 1. The van der Waals surface area contributed by atoms with Crippen molar-refractivity contribution in [3.8, 4) is 10.6 Å². The highest BCUT2D eigenvalue weighted by atomic mass is 32.1. The topological polar surface area (TPSA) is 148 Å². The predicted octanol–water partition coefficient (Wildman–Crippen LogP) is 7.33. The third-order valence-corrected chi connectivity index (χ3v) is 11.8. The number of nitrogens with one attached hydrogen (secondary N) is 2. The molecule has 0 saturated carbocycles. The lowest BCUT2D eigenvalue weighted by atomic mass is 9.73. The lowest BCUT2D eigenvalue weighted by molar-refractivity contribution is -0.000510. The summed E-state index contributed by atoms with van der Waals surface area (Å²) in [6, 6.07) is 19.5. The third kappa shape index (κ3) is 6.23. The Morgan fingerprint density at radius 3 is 2.63 bits per heavy atom. The molecule has 6 aromatic rings. The monoisotopic (exact) mass is 747 g/mol. The fourth-order valence-corrected chi connectivity index (χ4v) is 8.83. The molecule has 7 heterocycles. The number of hydrogen-bond donors (Lipinski definition) is 2. The van der Waals surface area contributed by atoms with E-state index in [0.717, 1.165) is 60.0 Å². The Morgan fingerprint density at radius 2 is 1.85 bits per heavy atom. The number of nitrogens with zero attached hydrogens (tertiary/aromatic N) is 5. The first kappa shape index (κ1) is 35.3. The number of carbonyl (C=O) groups is 2. The molecule has 0 unspecified atom stereocenters. The van der Waals surface area contributed by atoms with Gasteiger partial charge in [0.25, 0.3) is 11.8 Å². The Labute approximate surface area is 317 Å². The number of anilines is 3. The van der Waals surface area contributed by atoms with Crippen LogP contribution in [0.4, 0.5) is 21.6 Å². The fourth-order valence-electron chi connectivity index (χ4n) is 7.64. The maximum atomic E-state index is 14.4. The summed E-state index contributed by atoms with van der Waals surface area (Å²) in [7, 11) is 0.